The van der Waals surface area contributed by atoms with Crippen LogP contribution in [0.15, 0.2) is 18.2 Å². The number of halogens is 1. The van der Waals surface area contributed by atoms with Gasteiger partial charge in [-0.05, 0) is 30.9 Å². The van der Waals surface area contributed by atoms with Gasteiger partial charge in [0.2, 0.25) is 0 Å². The number of nitrogens with two attached hydrogens (primary N) is 1. The molecule has 3 rings (SSSR count). The lowest BCUT2D eigenvalue weighted by atomic mass is 10.1. The van der Waals surface area contributed by atoms with Crippen LogP contribution in [0.5, 0.6) is 0 Å². The molecule has 21 heavy (non-hydrogen) atoms. The van der Waals surface area contributed by atoms with Crippen molar-refractivity contribution in [2.75, 3.05) is 25.4 Å². The number of anilines is 1. The van der Waals surface area contributed by atoms with Crippen molar-refractivity contribution in [3.05, 3.63) is 28.9 Å². The Labute approximate surface area is 126 Å². The molecule has 112 valence electrons. The normalized spacial score (nSPS) is 18.6. The molecule has 1 unspecified atom stereocenters. The summed E-state index contributed by atoms with van der Waals surface area (Å²) < 4.78 is 14.5. The fourth-order valence-electron chi connectivity index (χ4n) is 2.87. The number of nitrogen functional groups attached to an aromatic ring is 1. The van der Waals surface area contributed by atoms with Crippen LogP contribution in [-0.2, 0) is 0 Å². The summed E-state index contributed by atoms with van der Waals surface area (Å²) in [6.07, 6.45) is 1.60. The van der Waals surface area contributed by atoms with Crippen molar-refractivity contribution in [2.45, 2.75) is 12.8 Å². The average molecular weight is 308 g/mol. The number of likely N-dealkylation sites (tertiary alicyclic amines) is 1. The molecule has 0 spiro atoms. The maximum absolute atomic E-state index is 13.8. The van der Waals surface area contributed by atoms with Gasteiger partial charge in [0.15, 0.2) is 0 Å². The molecule has 6 heteroatoms. The van der Waals surface area contributed by atoms with E-state index in [1.54, 1.807) is 17.0 Å². The number of carbonyl (C=O) groups is 1. The zero-order valence-corrected chi connectivity index (χ0v) is 12.3. The summed E-state index contributed by atoms with van der Waals surface area (Å²) in [6, 6.07) is 4.75. The van der Waals surface area contributed by atoms with E-state index in [0.717, 1.165) is 6.42 Å². The first-order valence-electron chi connectivity index (χ1n) is 6.98. The molecule has 2 heterocycles. The van der Waals surface area contributed by atoms with Crippen molar-refractivity contribution >= 4 is 33.0 Å². The number of hydrogen-bond acceptors (Lipinski definition) is 4. The van der Waals surface area contributed by atoms with Crippen LogP contribution < -0.4 is 5.73 Å². The number of hydrogen-bond donors (Lipinski definition) is 2. The van der Waals surface area contributed by atoms with Gasteiger partial charge in [0, 0.05) is 24.4 Å². The van der Waals surface area contributed by atoms with E-state index in [1.807, 2.05) is 0 Å². The minimum Gasteiger partial charge on any atom is -0.397 e. The Bertz CT molecular complexity index is 686. The molecule has 1 aliphatic heterocycles. The quantitative estimate of drug-likeness (QED) is 0.915. The molecule has 1 aromatic carbocycles. The number of nitrogens with zero attached hydrogens (tertiary/aromatic N) is 1. The minimum atomic E-state index is -0.389. The molecule has 0 radical (unpaired) electrons. The third-order valence-electron chi connectivity index (χ3n) is 4.01. The van der Waals surface area contributed by atoms with Gasteiger partial charge in [-0.2, -0.15) is 0 Å². The van der Waals surface area contributed by atoms with E-state index < -0.39 is 0 Å². The molecule has 4 nitrogen and oxygen atoms in total. The number of benzene rings is 1. The zero-order chi connectivity index (χ0) is 15.0. The average Bonchev–Trinajstić information content (AvgIpc) is 3.05. The van der Waals surface area contributed by atoms with E-state index in [4.69, 9.17) is 10.8 Å². The molecule has 3 N–H and O–H groups in total. The summed E-state index contributed by atoms with van der Waals surface area (Å²) >= 11 is 1.24. The second-order valence-electron chi connectivity index (χ2n) is 5.38. The molecule has 2 aromatic rings. The molecule has 1 amide bonds. The molecule has 0 saturated carbocycles. The van der Waals surface area contributed by atoms with Crippen LogP contribution in [-0.4, -0.2) is 35.6 Å². The largest absolute Gasteiger partial charge is 0.397 e. The van der Waals surface area contributed by atoms with Crippen molar-refractivity contribution in [3.8, 4) is 0 Å². The number of rotatable bonds is 3. The molecular weight excluding hydrogens is 291 g/mol. The van der Waals surface area contributed by atoms with Crippen molar-refractivity contribution in [3.63, 3.8) is 0 Å². The smallest absolute Gasteiger partial charge is 0.266 e. The van der Waals surface area contributed by atoms with E-state index in [0.29, 0.717) is 40.4 Å². The fourth-order valence-corrected chi connectivity index (χ4v) is 3.97. The molecule has 1 saturated heterocycles. The first-order valence-corrected chi connectivity index (χ1v) is 7.80. The monoisotopic (exact) mass is 308 g/mol. The first-order chi connectivity index (χ1) is 10.1. The predicted molar refractivity (Wildman–Crippen MR) is 81.9 cm³/mol. The maximum Gasteiger partial charge on any atom is 0.266 e. The van der Waals surface area contributed by atoms with Gasteiger partial charge < -0.3 is 15.7 Å². The maximum atomic E-state index is 13.8. The highest BCUT2D eigenvalue weighted by Gasteiger charge is 2.29. The van der Waals surface area contributed by atoms with Crippen LogP contribution in [0.25, 0.3) is 10.1 Å². The van der Waals surface area contributed by atoms with Crippen molar-refractivity contribution < 1.29 is 14.3 Å². The third-order valence-corrected chi connectivity index (χ3v) is 5.16. The summed E-state index contributed by atoms with van der Waals surface area (Å²) in [7, 11) is 0. The Morgan fingerprint density at radius 1 is 1.52 bits per heavy atom. The molecule has 1 atom stereocenters. The van der Waals surface area contributed by atoms with Crippen LogP contribution in [0.3, 0.4) is 0 Å². The van der Waals surface area contributed by atoms with Gasteiger partial charge >= 0.3 is 0 Å². The molecule has 0 bridgehead atoms. The predicted octanol–water partition coefficient (Wildman–Crippen LogP) is 2.47. The van der Waals surface area contributed by atoms with Gasteiger partial charge in [-0.3, -0.25) is 4.79 Å². The van der Waals surface area contributed by atoms with Crippen molar-refractivity contribution in [1.29, 1.82) is 0 Å². The Morgan fingerprint density at radius 2 is 2.33 bits per heavy atom. The van der Waals surface area contributed by atoms with E-state index in [9.17, 15) is 9.18 Å². The SMILES string of the molecule is Nc1c(C(=O)N2CCC(CCO)C2)sc2cccc(F)c12. The summed E-state index contributed by atoms with van der Waals surface area (Å²) in [6.45, 7) is 1.44. The lowest BCUT2D eigenvalue weighted by Gasteiger charge is -2.15. The number of amides is 1. The molecule has 1 fully saturated rings. The highest BCUT2D eigenvalue weighted by Crippen LogP contribution is 2.36. The lowest BCUT2D eigenvalue weighted by Crippen LogP contribution is -2.28. The van der Waals surface area contributed by atoms with Crippen LogP contribution >= 0.6 is 11.3 Å². The highest BCUT2D eigenvalue weighted by atomic mass is 32.1. The Balaban J connectivity index is 1.89. The minimum absolute atomic E-state index is 0.131. The van der Waals surface area contributed by atoms with Gasteiger partial charge in [0.1, 0.15) is 10.7 Å². The van der Waals surface area contributed by atoms with Crippen LogP contribution in [0, 0.1) is 11.7 Å². The number of thiophene rings is 1. The zero-order valence-electron chi connectivity index (χ0n) is 11.5. The first kappa shape index (κ1) is 14.3. The van der Waals surface area contributed by atoms with Gasteiger partial charge in [0.25, 0.3) is 5.91 Å². The van der Waals surface area contributed by atoms with E-state index in [2.05, 4.69) is 0 Å². The summed E-state index contributed by atoms with van der Waals surface area (Å²) in [5.41, 5.74) is 6.22. The van der Waals surface area contributed by atoms with Crippen LogP contribution in [0.2, 0.25) is 0 Å². The number of aliphatic hydroxyl groups excluding tert-OH is 1. The second-order valence-corrected chi connectivity index (χ2v) is 6.43. The Kier molecular flexibility index (Phi) is 3.82. The van der Waals surface area contributed by atoms with Crippen molar-refractivity contribution in [2.24, 2.45) is 5.92 Å². The standard InChI is InChI=1S/C15H17FN2O2S/c16-10-2-1-3-11-12(10)13(17)14(21-11)15(20)18-6-4-9(8-18)5-7-19/h1-3,9,19H,4-8,17H2. The molecule has 0 aliphatic carbocycles. The topological polar surface area (TPSA) is 66.6 Å². The summed E-state index contributed by atoms with van der Waals surface area (Å²) in [5, 5.41) is 9.32. The number of aliphatic hydroxyl groups is 1. The van der Waals surface area contributed by atoms with Crippen LogP contribution in [0.1, 0.15) is 22.5 Å². The van der Waals surface area contributed by atoms with Gasteiger partial charge in [0.05, 0.1) is 11.1 Å². The second kappa shape index (κ2) is 5.61. The number of carbonyl (C=O) groups excluding carboxylic acids is 1. The third kappa shape index (κ3) is 2.49. The lowest BCUT2D eigenvalue weighted by molar-refractivity contribution is 0.0790. The molecule has 1 aromatic heterocycles. The molecular formula is C15H17FN2O2S. The van der Waals surface area contributed by atoms with E-state index in [-0.39, 0.29) is 24.0 Å². The van der Waals surface area contributed by atoms with Gasteiger partial charge in [-0.1, -0.05) is 6.07 Å². The van der Waals surface area contributed by atoms with Gasteiger partial charge in [-0.15, -0.1) is 11.3 Å². The summed E-state index contributed by atoms with van der Waals surface area (Å²) in [5.74, 6) is -0.181. The van der Waals surface area contributed by atoms with Crippen molar-refractivity contribution in [1.82, 2.24) is 4.90 Å². The van der Waals surface area contributed by atoms with Crippen LogP contribution in [0.4, 0.5) is 10.1 Å². The Morgan fingerprint density at radius 3 is 3.05 bits per heavy atom. The van der Waals surface area contributed by atoms with Gasteiger partial charge in [-0.25, -0.2) is 4.39 Å². The fraction of sp³-hybridized carbons (Fsp3) is 0.400. The summed E-state index contributed by atoms with van der Waals surface area (Å²) in [4.78, 5) is 14.7. The van der Waals surface area contributed by atoms with E-state index >= 15 is 0 Å². The highest BCUT2D eigenvalue weighted by molar-refractivity contribution is 7.21. The molecule has 1 aliphatic rings. The Hall–Kier alpha value is -1.66. The van der Waals surface area contributed by atoms with E-state index in [1.165, 1.54) is 17.4 Å². The number of fused-ring (bicyclic) bond motifs is 1.